The van der Waals surface area contributed by atoms with Gasteiger partial charge in [-0.2, -0.15) is 0 Å². The third kappa shape index (κ3) is 5.45. The highest BCUT2D eigenvalue weighted by Crippen LogP contribution is 2.37. The van der Waals surface area contributed by atoms with Gasteiger partial charge in [0.25, 0.3) is 0 Å². The normalized spacial score (nSPS) is 11.1. The van der Waals surface area contributed by atoms with Crippen LogP contribution in [0.2, 0.25) is 0 Å². The third-order valence-electron chi connectivity index (χ3n) is 6.84. The Morgan fingerprint density at radius 1 is 0.325 bits per heavy atom. The molecule has 0 spiro atoms. The van der Waals surface area contributed by atoms with E-state index in [1.807, 2.05) is 48.5 Å². The number of carbonyl (C=O) groups is 1. The van der Waals surface area contributed by atoms with Gasteiger partial charge in [-0.05, 0) is 47.7 Å². The SMILES string of the molecule is O=C(c1ccccc1P(c1ccccc1)c1ccccc1)c1ccccc1P(c1ccccc1)c1ccccc1. The average molecular weight is 551 g/mol. The number of carbonyl (C=O) groups excluding carboxylic acids is 1. The van der Waals surface area contributed by atoms with Crippen molar-refractivity contribution >= 4 is 53.5 Å². The van der Waals surface area contributed by atoms with Crippen molar-refractivity contribution in [2.75, 3.05) is 0 Å². The van der Waals surface area contributed by atoms with Crippen molar-refractivity contribution in [2.24, 2.45) is 0 Å². The van der Waals surface area contributed by atoms with Crippen LogP contribution in [0.5, 0.6) is 0 Å². The molecule has 0 bridgehead atoms. The van der Waals surface area contributed by atoms with Crippen LogP contribution in [-0.4, -0.2) is 5.78 Å². The Bertz CT molecular complexity index is 1490. The van der Waals surface area contributed by atoms with Crippen molar-refractivity contribution in [2.45, 2.75) is 0 Å². The van der Waals surface area contributed by atoms with Gasteiger partial charge in [0.15, 0.2) is 5.78 Å². The molecule has 0 aliphatic heterocycles. The number of hydrogen-bond acceptors (Lipinski definition) is 1. The maximum atomic E-state index is 14.6. The van der Waals surface area contributed by atoms with E-state index < -0.39 is 15.8 Å². The molecule has 0 amide bonds. The second-order valence-corrected chi connectivity index (χ2v) is 13.7. The smallest absolute Gasteiger partial charge is 0.194 e. The molecule has 0 aromatic heterocycles. The Hall–Kier alpha value is -4.15. The summed E-state index contributed by atoms with van der Waals surface area (Å²) >= 11 is 0. The maximum Gasteiger partial charge on any atom is 0.194 e. The molecule has 6 aromatic carbocycles. The molecule has 0 atom stereocenters. The highest BCUT2D eigenvalue weighted by Gasteiger charge is 2.27. The molecule has 192 valence electrons. The fraction of sp³-hybridized carbons (Fsp3) is 0. The van der Waals surface area contributed by atoms with Crippen LogP contribution in [0, 0.1) is 0 Å². The minimum Gasteiger partial charge on any atom is -0.289 e. The molecular formula is C37H28OP2. The van der Waals surface area contributed by atoms with Crippen LogP contribution >= 0.6 is 15.8 Å². The van der Waals surface area contributed by atoms with Gasteiger partial charge in [0.1, 0.15) is 0 Å². The van der Waals surface area contributed by atoms with E-state index in [0.717, 1.165) is 21.7 Å². The number of benzene rings is 6. The van der Waals surface area contributed by atoms with Crippen LogP contribution in [-0.2, 0) is 0 Å². The Labute approximate surface area is 238 Å². The zero-order valence-corrected chi connectivity index (χ0v) is 23.8. The zero-order chi connectivity index (χ0) is 27.1. The summed E-state index contributed by atoms with van der Waals surface area (Å²) in [6, 6.07) is 58.6. The molecule has 6 aromatic rings. The van der Waals surface area contributed by atoms with E-state index in [1.54, 1.807) is 0 Å². The molecule has 1 nitrogen and oxygen atoms in total. The third-order valence-corrected chi connectivity index (χ3v) is 11.8. The first kappa shape index (κ1) is 26.1. The lowest BCUT2D eigenvalue weighted by atomic mass is 10.0. The average Bonchev–Trinajstić information content (AvgIpc) is 3.04. The molecule has 6 rings (SSSR count). The van der Waals surface area contributed by atoms with E-state index in [2.05, 4.69) is 121 Å². The Kier molecular flexibility index (Phi) is 8.06. The molecule has 3 heteroatoms. The van der Waals surface area contributed by atoms with E-state index in [0.29, 0.717) is 0 Å². The summed E-state index contributed by atoms with van der Waals surface area (Å²) in [4.78, 5) is 14.6. The fourth-order valence-electron chi connectivity index (χ4n) is 5.03. The van der Waals surface area contributed by atoms with Gasteiger partial charge >= 0.3 is 0 Å². The molecule has 0 fully saturated rings. The lowest BCUT2D eigenvalue weighted by Crippen LogP contribution is -2.29. The fourth-order valence-corrected chi connectivity index (χ4v) is 9.92. The van der Waals surface area contributed by atoms with Crippen molar-refractivity contribution in [1.29, 1.82) is 0 Å². The predicted octanol–water partition coefficient (Wildman–Crippen LogP) is 6.43. The zero-order valence-electron chi connectivity index (χ0n) is 22.0. The van der Waals surface area contributed by atoms with Gasteiger partial charge in [-0.1, -0.05) is 170 Å². The van der Waals surface area contributed by atoms with E-state index in [4.69, 9.17) is 0 Å². The molecule has 0 aliphatic rings. The van der Waals surface area contributed by atoms with Crippen molar-refractivity contribution in [3.8, 4) is 0 Å². The highest BCUT2D eigenvalue weighted by atomic mass is 31.1. The lowest BCUT2D eigenvalue weighted by molar-refractivity contribution is 0.104. The molecule has 0 saturated heterocycles. The van der Waals surface area contributed by atoms with Gasteiger partial charge in [0.2, 0.25) is 0 Å². The minimum absolute atomic E-state index is 0.0740. The maximum absolute atomic E-state index is 14.6. The first-order valence-corrected chi connectivity index (χ1v) is 16.0. The molecular weight excluding hydrogens is 522 g/mol. The minimum atomic E-state index is -0.918. The summed E-state index contributed by atoms with van der Waals surface area (Å²) in [5.41, 5.74) is 1.54. The summed E-state index contributed by atoms with van der Waals surface area (Å²) in [5, 5.41) is 7.08. The van der Waals surface area contributed by atoms with E-state index in [9.17, 15) is 4.79 Å². The summed E-state index contributed by atoms with van der Waals surface area (Å²) < 4.78 is 0. The van der Waals surface area contributed by atoms with Crippen LogP contribution in [0.4, 0.5) is 0 Å². The second kappa shape index (κ2) is 12.4. The molecule has 0 saturated carbocycles. The monoisotopic (exact) mass is 550 g/mol. The standard InChI is InChI=1S/C37H28OP2/c38-37(33-25-13-15-27-35(33)39(29-17-5-1-6-18-29)30-19-7-2-8-20-30)34-26-14-16-28-36(34)40(31-21-9-3-10-22-31)32-23-11-4-12-24-32/h1-28H. The van der Waals surface area contributed by atoms with Crippen molar-refractivity contribution in [1.82, 2.24) is 0 Å². The number of hydrogen-bond donors (Lipinski definition) is 0. The molecule has 0 N–H and O–H groups in total. The number of ketones is 1. The van der Waals surface area contributed by atoms with Gasteiger partial charge in [-0.3, -0.25) is 4.79 Å². The van der Waals surface area contributed by atoms with Crippen molar-refractivity contribution < 1.29 is 4.79 Å². The van der Waals surface area contributed by atoms with E-state index in [1.165, 1.54) is 21.2 Å². The molecule has 0 aliphatic carbocycles. The quantitative estimate of drug-likeness (QED) is 0.158. The highest BCUT2D eigenvalue weighted by molar-refractivity contribution is 7.80. The Morgan fingerprint density at radius 2 is 0.575 bits per heavy atom. The largest absolute Gasteiger partial charge is 0.289 e. The van der Waals surface area contributed by atoms with Crippen LogP contribution in [0.15, 0.2) is 170 Å². The predicted molar refractivity (Wildman–Crippen MR) is 174 cm³/mol. The molecule has 40 heavy (non-hydrogen) atoms. The summed E-state index contributed by atoms with van der Waals surface area (Å²) in [6.45, 7) is 0. The topological polar surface area (TPSA) is 17.1 Å². The molecule has 0 heterocycles. The van der Waals surface area contributed by atoms with E-state index >= 15 is 0 Å². The van der Waals surface area contributed by atoms with Gasteiger partial charge < -0.3 is 0 Å². The van der Waals surface area contributed by atoms with Crippen LogP contribution in [0.1, 0.15) is 15.9 Å². The van der Waals surface area contributed by atoms with Crippen molar-refractivity contribution in [3.05, 3.63) is 181 Å². The molecule has 0 unspecified atom stereocenters. The first-order valence-electron chi connectivity index (χ1n) is 13.3. The second-order valence-electron chi connectivity index (χ2n) is 9.38. The summed E-state index contributed by atoms with van der Waals surface area (Å²) in [6.07, 6.45) is 0. The number of rotatable bonds is 8. The van der Waals surface area contributed by atoms with Gasteiger partial charge in [0.05, 0.1) is 0 Å². The van der Waals surface area contributed by atoms with E-state index in [-0.39, 0.29) is 5.78 Å². The van der Waals surface area contributed by atoms with Gasteiger partial charge in [-0.15, -0.1) is 0 Å². The van der Waals surface area contributed by atoms with Crippen molar-refractivity contribution in [3.63, 3.8) is 0 Å². The van der Waals surface area contributed by atoms with Gasteiger partial charge in [-0.25, -0.2) is 0 Å². The van der Waals surface area contributed by atoms with Crippen LogP contribution < -0.4 is 31.8 Å². The van der Waals surface area contributed by atoms with Crippen LogP contribution in [0.3, 0.4) is 0 Å². The van der Waals surface area contributed by atoms with Crippen LogP contribution in [0.25, 0.3) is 0 Å². The Balaban J connectivity index is 1.51. The summed E-state index contributed by atoms with van der Waals surface area (Å²) in [7, 11) is -1.84. The lowest BCUT2D eigenvalue weighted by Gasteiger charge is -2.24. The first-order chi connectivity index (χ1) is 19.8. The summed E-state index contributed by atoms with van der Waals surface area (Å²) in [5.74, 6) is 0.0740. The van der Waals surface area contributed by atoms with Gasteiger partial charge in [0, 0.05) is 11.1 Å². The Morgan fingerprint density at radius 3 is 0.875 bits per heavy atom. The molecule has 0 radical (unpaired) electrons.